The highest BCUT2D eigenvalue weighted by Crippen LogP contribution is 1.97. The van der Waals surface area contributed by atoms with Gasteiger partial charge in [-0.15, -0.1) is 0 Å². The summed E-state index contributed by atoms with van der Waals surface area (Å²) in [6.45, 7) is 0.807. The Morgan fingerprint density at radius 1 is 1.00 bits per heavy atom. The summed E-state index contributed by atoms with van der Waals surface area (Å²) >= 11 is 0. The number of hydrogen-bond acceptors (Lipinski definition) is 4. The van der Waals surface area contributed by atoms with Crippen LogP contribution in [0, 0.1) is 0 Å². The largest absolute Gasteiger partial charge is 0.398 e. The van der Waals surface area contributed by atoms with E-state index in [-0.39, 0.29) is 5.56 Å². The van der Waals surface area contributed by atoms with Crippen LogP contribution in [0.5, 0.6) is 0 Å². The molecule has 7 heteroatoms. The van der Waals surface area contributed by atoms with Crippen LogP contribution in [0.4, 0.5) is 5.69 Å². The van der Waals surface area contributed by atoms with Crippen molar-refractivity contribution in [3.63, 3.8) is 0 Å². The van der Waals surface area contributed by atoms with Gasteiger partial charge in [0, 0.05) is 50.5 Å². The SMILES string of the molecule is Cn1ccn(CCCn2cc(N)ccc2=O)c(=O)c1=O. The third-order valence-electron chi connectivity index (χ3n) is 3.04. The van der Waals surface area contributed by atoms with Crippen LogP contribution >= 0.6 is 0 Å². The number of hydrogen-bond donors (Lipinski definition) is 1. The number of pyridine rings is 1. The van der Waals surface area contributed by atoms with Crippen molar-refractivity contribution in [2.45, 2.75) is 19.5 Å². The first kappa shape index (κ1) is 13.9. The van der Waals surface area contributed by atoms with Gasteiger partial charge in [0.1, 0.15) is 0 Å². The normalized spacial score (nSPS) is 10.7. The van der Waals surface area contributed by atoms with Crippen molar-refractivity contribution in [3.05, 3.63) is 61.8 Å². The number of nitrogen functional groups attached to an aromatic ring is 1. The Hall–Kier alpha value is -2.57. The number of anilines is 1. The summed E-state index contributed by atoms with van der Waals surface area (Å²) in [5.41, 5.74) is 4.86. The van der Waals surface area contributed by atoms with Gasteiger partial charge in [-0.3, -0.25) is 14.4 Å². The van der Waals surface area contributed by atoms with Crippen molar-refractivity contribution in [2.24, 2.45) is 7.05 Å². The summed E-state index contributed by atoms with van der Waals surface area (Å²) in [5, 5.41) is 0. The van der Waals surface area contributed by atoms with E-state index in [1.165, 1.54) is 33.0 Å². The van der Waals surface area contributed by atoms with Gasteiger partial charge >= 0.3 is 11.1 Å². The molecule has 0 aliphatic heterocycles. The van der Waals surface area contributed by atoms with Crippen molar-refractivity contribution in [3.8, 4) is 0 Å². The van der Waals surface area contributed by atoms with Gasteiger partial charge in [0.2, 0.25) is 0 Å². The van der Waals surface area contributed by atoms with Gasteiger partial charge in [-0.1, -0.05) is 0 Å². The maximum Gasteiger partial charge on any atom is 0.316 e. The zero-order chi connectivity index (χ0) is 14.7. The molecule has 7 nitrogen and oxygen atoms in total. The van der Waals surface area contributed by atoms with E-state index in [0.717, 1.165) is 0 Å². The van der Waals surface area contributed by atoms with E-state index in [0.29, 0.717) is 25.2 Å². The molecule has 2 heterocycles. The van der Waals surface area contributed by atoms with E-state index in [9.17, 15) is 14.4 Å². The first-order chi connectivity index (χ1) is 9.49. The molecule has 0 aliphatic carbocycles. The maximum absolute atomic E-state index is 11.7. The number of nitrogens with zero attached hydrogens (tertiary/aromatic N) is 3. The summed E-state index contributed by atoms with van der Waals surface area (Å²) in [7, 11) is 1.53. The highest BCUT2D eigenvalue weighted by atomic mass is 16.2. The predicted octanol–water partition coefficient (Wildman–Crippen LogP) is -0.619. The van der Waals surface area contributed by atoms with Crippen molar-refractivity contribution >= 4 is 5.69 Å². The molecular formula is C13H16N4O3. The zero-order valence-corrected chi connectivity index (χ0v) is 11.2. The van der Waals surface area contributed by atoms with Crippen LogP contribution in [0.1, 0.15) is 6.42 Å². The lowest BCUT2D eigenvalue weighted by Gasteiger charge is -2.08. The lowest BCUT2D eigenvalue weighted by Crippen LogP contribution is -2.39. The number of aromatic nitrogens is 3. The van der Waals surface area contributed by atoms with Gasteiger partial charge in [-0.2, -0.15) is 0 Å². The van der Waals surface area contributed by atoms with Crippen LogP contribution in [0.2, 0.25) is 0 Å². The minimum atomic E-state index is -0.561. The summed E-state index contributed by atoms with van der Waals surface area (Å²) < 4.78 is 4.07. The molecule has 0 saturated carbocycles. The smallest absolute Gasteiger partial charge is 0.316 e. The molecule has 2 aromatic rings. The van der Waals surface area contributed by atoms with Gasteiger partial charge in [0.15, 0.2) is 0 Å². The fourth-order valence-electron chi connectivity index (χ4n) is 1.90. The van der Waals surface area contributed by atoms with Crippen molar-refractivity contribution < 1.29 is 0 Å². The average molecular weight is 276 g/mol. The molecule has 0 saturated heterocycles. The topological polar surface area (TPSA) is 92.0 Å². The Balaban J connectivity index is 2.09. The van der Waals surface area contributed by atoms with Crippen LogP contribution < -0.4 is 22.4 Å². The highest BCUT2D eigenvalue weighted by molar-refractivity contribution is 5.33. The average Bonchev–Trinajstić information content (AvgIpc) is 2.42. The van der Waals surface area contributed by atoms with E-state index >= 15 is 0 Å². The third kappa shape index (κ3) is 2.87. The second-order valence-electron chi connectivity index (χ2n) is 4.56. The lowest BCUT2D eigenvalue weighted by atomic mass is 10.3. The summed E-state index contributed by atoms with van der Waals surface area (Å²) in [6, 6.07) is 2.95. The summed E-state index contributed by atoms with van der Waals surface area (Å²) in [6.07, 6.45) is 5.22. The predicted molar refractivity (Wildman–Crippen MR) is 75.7 cm³/mol. The Labute approximate surface area is 114 Å². The monoisotopic (exact) mass is 276 g/mol. The van der Waals surface area contributed by atoms with E-state index in [2.05, 4.69) is 0 Å². The second kappa shape index (κ2) is 5.60. The quantitative estimate of drug-likeness (QED) is 0.753. The van der Waals surface area contributed by atoms with Crippen molar-refractivity contribution in [1.29, 1.82) is 0 Å². The molecule has 2 rings (SSSR count). The summed E-state index contributed by atoms with van der Waals surface area (Å²) in [4.78, 5) is 34.7. The molecule has 0 bridgehead atoms. The van der Waals surface area contributed by atoms with E-state index < -0.39 is 11.1 Å². The maximum atomic E-state index is 11.7. The molecule has 0 amide bonds. The Morgan fingerprint density at radius 3 is 2.45 bits per heavy atom. The molecule has 106 valence electrons. The van der Waals surface area contributed by atoms with Crippen molar-refractivity contribution in [1.82, 2.24) is 13.7 Å². The van der Waals surface area contributed by atoms with Crippen LogP contribution in [0.15, 0.2) is 45.1 Å². The first-order valence-electron chi connectivity index (χ1n) is 6.21. The van der Waals surface area contributed by atoms with Crippen LogP contribution in [-0.2, 0) is 20.1 Å². The molecule has 2 N–H and O–H groups in total. The molecule has 0 fully saturated rings. The molecule has 0 spiro atoms. The van der Waals surface area contributed by atoms with E-state index in [1.807, 2.05) is 0 Å². The summed E-state index contributed by atoms with van der Waals surface area (Å²) in [5.74, 6) is 0. The zero-order valence-electron chi connectivity index (χ0n) is 11.2. The minimum absolute atomic E-state index is 0.143. The molecule has 0 aromatic carbocycles. The van der Waals surface area contributed by atoms with Crippen LogP contribution in [0.25, 0.3) is 0 Å². The second-order valence-corrected chi connectivity index (χ2v) is 4.56. The Bertz CT molecular complexity index is 785. The van der Waals surface area contributed by atoms with Gasteiger partial charge in [-0.05, 0) is 12.5 Å². The highest BCUT2D eigenvalue weighted by Gasteiger charge is 2.02. The molecule has 0 radical (unpaired) electrons. The van der Waals surface area contributed by atoms with Gasteiger partial charge in [0.25, 0.3) is 5.56 Å². The number of aryl methyl sites for hydroxylation is 3. The van der Waals surface area contributed by atoms with Crippen LogP contribution in [-0.4, -0.2) is 13.7 Å². The van der Waals surface area contributed by atoms with Gasteiger partial charge in [0.05, 0.1) is 0 Å². The molecule has 0 atom stereocenters. The molecule has 2 aromatic heterocycles. The lowest BCUT2D eigenvalue weighted by molar-refractivity contribution is 0.535. The molecular weight excluding hydrogens is 260 g/mol. The Kier molecular flexibility index (Phi) is 3.88. The minimum Gasteiger partial charge on any atom is -0.398 e. The fourth-order valence-corrected chi connectivity index (χ4v) is 1.90. The third-order valence-corrected chi connectivity index (χ3v) is 3.04. The van der Waals surface area contributed by atoms with Gasteiger partial charge in [-0.25, -0.2) is 0 Å². The number of rotatable bonds is 4. The fraction of sp³-hybridized carbons (Fsp3) is 0.308. The van der Waals surface area contributed by atoms with Gasteiger partial charge < -0.3 is 19.4 Å². The van der Waals surface area contributed by atoms with Crippen molar-refractivity contribution in [2.75, 3.05) is 5.73 Å². The van der Waals surface area contributed by atoms with E-state index in [1.54, 1.807) is 18.5 Å². The van der Waals surface area contributed by atoms with E-state index in [4.69, 9.17) is 5.73 Å². The first-order valence-corrected chi connectivity index (χ1v) is 6.21. The molecule has 20 heavy (non-hydrogen) atoms. The number of nitrogens with two attached hydrogens (primary N) is 1. The Morgan fingerprint density at radius 2 is 1.70 bits per heavy atom. The molecule has 0 unspecified atom stereocenters. The standard InChI is InChI=1S/C13H16N4O3/c1-15-7-8-16(13(20)12(15)19)5-2-6-17-9-10(14)3-4-11(17)18/h3-4,7-9H,2,5-6,14H2,1H3. The van der Waals surface area contributed by atoms with Crippen LogP contribution in [0.3, 0.4) is 0 Å². The molecule has 0 aliphatic rings.